The molecule has 1 amide bonds. The molecule has 0 spiro atoms. The number of unbranched alkanes of at least 4 members (excludes halogenated alkanes) is 3. The second-order valence-corrected chi connectivity index (χ2v) is 6.00. The minimum absolute atomic E-state index is 0.0302. The van der Waals surface area contributed by atoms with Gasteiger partial charge in [-0.15, -0.1) is 0 Å². The van der Waals surface area contributed by atoms with Gasteiger partial charge in [0, 0.05) is 6.54 Å². The second kappa shape index (κ2) is 11.6. The van der Waals surface area contributed by atoms with Crippen molar-refractivity contribution in [3.63, 3.8) is 0 Å². The first-order valence-corrected chi connectivity index (χ1v) is 8.80. The van der Waals surface area contributed by atoms with E-state index in [1.54, 1.807) is 0 Å². The quantitative estimate of drug-likeness (QED) is 0.602. The van der Waals surface area contributed by atoms with Crippen molar-refractivity contribution in [2.75, 3.05) is 38.2 Å². The topological polar surface area (TPSA) is 50.4 Å². The molecular formula is C14H28N2O2S. The molecule has 2 N–H and O–H groups in total. The molecule has 19 heavy (non-hydrogen) atoms. The number of carbonyl (C=O) groups excluding carboxylic acids is 1. The number of thioether (sulfide) groups is 1. The molecule has 0 aromatic heterocycles. The predicted molar refractivity (Wildman–Crippen MR) is 81.7 cm³/mol. The Kier molecular flexibility index (Phi) is 10.2. The van der Waals surface area contributed by atoms with Crippen molar-refractivity contribution < 1.29 is 9.53 Å². The molecule has 1 aliphatic heterocycles. The number of carbonyl (C=O) groups is 1. The van der Waals surface area contributed by atoms with Crippen LogP contribution in [0.4, 0.5) is 0 Å². The van der Waals surface area contributed by atoms with Crippen molar-refractivity contribution >= 4 is 17.7 Å². The van der Waals surface area contributed by atoms with Crippen molar-refractivity contribution in [1.82, 2.24) is 10.6 Å². The number of hydrogen-bond donors (Lipinski definition) is 2. The Balaban J connectivity index is 1.87. The maximum Gasteiger partial charge on any atom is 0.246 e. The summed E-state index contributed by atoms with van der Waals surface area (Å²) in [6, 6.07) is 0. The summed E-state index contributed by atoms with van der Waals surface area (Å²) in [6.45, 7) is 3.01. The van der Waals surface area contributed by atoms with Crippen molar-refractivity contribution in [3.8, 4) is 0 Å². The highest BCUT2D eigenvalue weighted by Gasteiger charge is 2.14. The van der Waals surface area contributed by atoms with Crippen LogP contribution < -0.4 is 10.6 Å². The van der Waals surface area contributed by atoms with Gasteiger partial charge in [0.2, 0.25) is 5.91 Å². The van der Waals surface area contributed by atoms with Gasteiger partial charge in [-0.1, -0.05) is 12.8 Å². The zero-order chi connectivity index (χ0) is 13.8. The Morgan fingerprint density at radius 2 is 2.00 bits per heavy atom. The number of piperidine rings is 1. The fourth-order valence-electron chi connectivity index (χ4n) is 2.16. The molecule has 0 radical (unpaired) electrons. The molecule has 0 unspecified atom stereocenters. The smallest absolute Gasteiger partial charge is 0.246 e. The molecular weight excluding hydrogens is 260 g/mol. The van der Waals surface area contributed by atoms with Crippen LogP contribution in [-0.4, -0.2) is 50.3 Å². The Labute approximate surface area is 121 Å². The van der Waals surface area contributed by atoms with Gasteiger partial charge in [0.05, 0.1) is 6.10 Å². The lowest BCUT2D eigenvalue weighted by Crippen LogP contribution is -2.36. The molecule has 1 heterocycles. The molecule has 1 aliphatic rings. The molecule has 0 bridgehead atoms. The summed E-state index contributed by atoms with van der Waals surface area (Å²) >= 11 is 1.90. The molecule has 112 valence electrons. The largest absolute Gasteiger partial charge is 0.368 e. The van der Waals surface area contributed by atoms with Gasteiger partial charge in [0.15, 0.2) is 0 Å². The third kappa shape index (κ3) is 9.30. The molecule has 1 fully saturated rings. The third-order valence-corrected chi connectivity index (χ3v) is 4.03. The molecule has 5 heteroatoms. The van der Waals surface area contributed by atoms with E-state index in [2.05, 4.69) is 16.9 Å². The maximum absolute atomic E-state index is 11.6. The highest BCUT2D eigenvalue weighted by molar-refractivity contribution is 7.98. The number of amides is 1. The van der Waals surface area contributed by atoms with Gasteiger partial charge in [-0.05, 0) is 50.8 Å². The number of rotatable bonds is 10. The van der Waals surface area contributed by atoms with Crippen LogP contribution in [0.25, 0.3) is 0 Å². The predicted octanol–water partition coefficient (Wildman–Crippen LogP) is 1.79. The average Bonchev–Trinajstić information content (AvgIpc) is 2.45. The third-order valence-electron chi connectivity index (χ3n) is 3.33. The lowest BCUT2D eigenvalue weighted by Gasteiger charge is -2.22. The Bertz CT molecular complexity index is 233. The van der Waals surface area contributed by atoms with E-state index in [4.69, 9.17) is 4.74 Å². The molecule has 0 aliphatic carbocycles. The van der Waals surface area contributed by atoms with Gasteiger partial charge in [-0.25, -0.2) is 0 Å². The van der Waals surface area contributed by atoms with Crippen molar-refractivity contribution in [2.45, 2.75) is 44.6 Å². The van der Waals surface area contributed by atoms with Crippen molar-refractivity contribution in [3.05, 3.63) is 0 Å². The van der Waals surface area contributed by atoms with Gasteiger partial charge in [0.1, 0.15) is 6.61 Å². The Morgan fingerprint density at radius 1 is 1.26 bits per heavy atom. The molecule has 0 aromatic carbocycles. The first-order valence-electron chi connectivity index (χ1n) is 7.41. The van der Waals surface area contributed by atoms with Crippen LogP contribution in [0.1, 0.15) is 38.5 Å². The first-order chi connectivity index (χ1) is 9.33. The fourth-order valence-corrected chi connectivity index (χ4v) is 2.65. The average molecular weight is 288 g/mol. The van der Waals surface area contributed by atoms with Crippen molar-refractivity contribution in [2.24, 2.45) is 0 Å². The Hall–Kier alpha value is -0.260. The van der Waals surface area contributed by atoms with E-state index in [9.17, 15) is 4.79 Å². The summed E-state index contributed by atoms with van der Waals surface area (Å²) < 4.78 is 5.60. The normalized spacial score (nSPS) is 16.5. The number of hydrogen-bond acceptors (Lipinski definition) is 4. The minimum atomic E-state index is 0.0302. The van der Waals surface area contributed by atoms with E-state index in [0.29, 0.717) is 0 Å². The monoisotopic (exact) mass is 288 g/mol. The molecule has 0 saturated carbocycles. The zero-order valence-corrected chi connectivity index (χ0v) is 12.9. The van der Waals surface area contributed by atoms with Crippen LogP contribution in [0.3, 0.4) is 0 Å². The maximum atomic E-state index is 11.6. The van der Waals surface area contributed by atoms with E-state index in [-0.39, 0.29) is 18.6 Å². The van der Waals surface area contributed by atoms with E-state index < -0.39 is 0 Å². The van der Waals surface area contributed by atoms with E-state index >= 15 is 0 Å². The molecule has 1 saturated heterocycles. The molecule has 1 rings (SSSR count). The van der Waals surface area contributed by atoms with E-state index in [0.717, 1.165) is 38.9 Å². The highest BCUT2D eigenvalue weighted by atomic mass is 32.2. The number of ether oxygens (including phenoxy) is 1. The second-order valence-electron chi connectivity index (χ2n) is 5.02. The van der Waals surface area contributed by atoms with E-state index in [1.165, 1.54) is 25.0 Å². The SMILES string of the molecule is CSCCCCCCNC(=O)COC1CCNCC1. The summed E-state index contributed by atoms with van der Waals surface area (Å²) in [7, 11) is 0. The summed E-state index contributed by atoms with van der Waals surface area (Å²) in [5.41, 5.74) is 0. The Morgan fingerprint density at radius 3 is 2.74 bits per heavy atom. The van der Waals surface area contributed by atoms with Gasteiger partial charge in [-0.2, -0.15) is 11.8 Å². The van der Waals surface area contributed by atoms with Gasteiger partial charge < -0.3 is 15.4 Å². The van der Waals surface area contributed by atoms with Crippen LogP contribution in [0.2, 0.25) is 0 Å². The fraction of sp³-hybridized carbons (Fsp3) is 0.929. The zero-order valence-electron chi connectivity index (χ0n) is 12.1. The van der Waals surface area contributed by atoms with Crippen LogP contribution in [-0.2, 0) is 9.53 Å². The summed E-state index contributed by atoms with van der Waals surface area (Å²) in [4.78, 5) is 11.6. The molecule has 0 atom stereocenters. The van der Waals surface area contributed by atoms with Crippen LogP contribution in [0, 0.1) is 0 Å². The minimum Gasteiger partial charge on any atom is -0.368 e. The van der Waals surface area contributed by atoms with Crippen LogP contribution in [0.5, 0.6) is 0 Å². The van der Waals surface area contributed by atoms with Crippen molar-refractivity contribution in [1.29, 1.82) is 0 Å². The van der Waals surface area contributed by atoms with Crippen LogP contribution in [0.15, 0.2) is 0 Å². The summed E-state index contributed by atoms with van der Waals surface area (Å²) in [6.07, 6.45) is 9.27. The lowest BCUT2D eigenvalue weighted by molar-refractivity contribution is -0.128. The highest BCUT2D eigenvalue weighted by Crippen LogP contribution is 2.06. The van der Waals surface area contributed by atoms with E-state index in [1.807, 2.05) is 11.8 Å². The van der Waals surface area contributed by atoms with Crippen LogP contribution >= 0.6 is 11.8 Å². The first kappa shape index (κ1) is 16.8. The summed E-state index contributed by atoms with van der Waals surface area (Å²) in [5, 5.41) is 6.21. The molecule has 4 nitrogen and oxygen atoms in total. The standard InChI is InChI=1S/C14H28N2O2S/c1-19-11-5-3-2-4-8-16-14(17)12-18-13-6-9-15-10-7-13/h13,15H,2-12H2,1H3,(H,16,17). The van der Waals surface area contributed by atoms with Gasteiger partial charge in [-0.3, -0.25) is 4.79 Å². The summed E-state index contributed by atoms with van der Waals surface area (Å²) in [5.74, 6) is 1.28. The van der Waals surface area contributed by atoms with Gasteiger partial charge in [0.25, 0.3) is 0 Å². The molecule has 0 aromatic rings. The van der Waals surface area contributed by atoms with Gasteiger partial charge >= 0.3 is 0 Å². The number of nitrogens with one attached hydrogen (secondary N) is 2. The lowest BCUT2D eigenvalue weighted by atomic mass is 10.1.